The van der Waals surface area contributed by atoms with E-state index < -0.39 is 0 Å². The fraction of sp³-hybridized carbons (Fsp3) is 0. The van der Waals surface area contributed by atoms with E-state index in [0.29, 0.717) is 0 Å². The molecule has 0 aromatic rings. The summed E-state index contributed by atoms with van der Waals surface area (Å²) >= 11 is 0. The maximum atomic E-state index is 0. The van der Waals surface area contributed by atoms with Crippen LogP contribution >= 0.6 is 0 Å². The fourth-order valence-electron chi connectivity index (χ4n) is 0. The van der Waals surface area contributed by atoms with Crippen LogP contribution in [0.2, 0.25) is 0 Å². The second-order valence-electron chi connectivity index (χ2n) is 0. The summed E-state index contributed by atoms with van der Waals surface area (Å²) < 4.78 is 0. The molecule has 0 rings (SSSR count). The van der Waals surface area contributed by atoms with Gasteiger partial charge in [-0.3, -0.25) is 0 Å². The second kappa shape index (κ2) is 21.7. The van der Waals surface area contributed by atoms with Crippen molar-refractivity contribution in [2.45, 2.75) is 0 Å². The van der Waals surface area contributed by atoms with E-state index in [9.17, 15) is 0 Å². The Kier molecular flexibility index (Phi) is 228. The first-order valence-corrected chi connectivity index (χ1v) is 0. The molecule has 4 heteroatoms. The van der Waals surface area contributed by atoms with E-state index >= 15 is 0 Å². The van der Waals surface area contributed by atoms with Crippen molar-refractivity contribution in [3.8, 4) is 0 Å². The molecule has 0 atom stereocenters. The van der Waals surface area contributed by atoms with Crippen LogP contribution in [0.4, 0.5) is 0 Å². The van der Waals surface area contributed by atoms with E-state index in [1.54, 1.807) is 0 Å². The number of hydrogen-bond donors (Lipinski definition) is 0. The molecule has 4 heavy (non-hydrogen) atoms. The zero-order valence-electron chi connectivity index (χ0n) is 1.72. The first kappa shape index (κ1) is 42.0. The van der Waals surface area contributed by atoms with E-state index in [1.165, 1.54) is 0 Å². The van der Waals surface area contributed by atoms with Crippen molar-refractivity contribution in [2.75, 3.05) is 0 Å². The van der Waals surface area contributed by atoms with Gasteiger partial charge in [0.15, 0.2) is 0 Å². The molecule has 0 bridgehead atoms. The van der Waals surface area contributed by atoms with Crippen LogP contribution in [0.3, 0.4) is 0 Å². The average molecular weight is 144 g/mol. The van der Waals surface area contributed by atoms with Gasteiger partial charge in [-0.2, -0.15) is 0 Å². The fourth-order valence-corrected chi connectivity index (χ4v) is 0. The Labute approximate surface area is 62.0 Å². The Bertz CT molecular complexity index is 3.25. The van der Waals surface area contributed by atoms with Gasteiger partial charge in [-0.1, -0.05) is 0 Å². The van der Waals surface area contributed by atoms with Gasteiger partial charge in [0.2, 0.25) is 0 Å². The molecule has 0 spiro atoms. The molecule has 0 aliphatic heterocycles. The third kappa shape index (κ3) is 9.24. The van der Waals surface area contributed by atoms with E-state index in [1.807, 2.05) is 0 Å². The van der Waals surface area contributed by atoms with Crippen LogP contribution in [0, 0.1) is 0 Å². The average Bonchev–Trinajstić information content (AvgIpc) is 0. The van der Waals surface area contributed by atoms with Gasteiger partial charge in [-0.15, -0.1) is 0 Å². The SMILES string of the molecule is [S-2].[S-2].[S-2].[Ti+2]. The van der Waals surface area contributed by atoms with Crippen LogP contribution in [-0.2, 0) is 62.2 Å². The Morgan fingerprint density at radius 1 is 0.500 bits per heavy atom. The minimum absolute atomic E-state index is 0. The Morgan fingerprint density at radius 2 is 0.500 bits per heavy atom. The molecule has 0 aliphatic carbocycles. The molecule has 0 aromatic carbocycles. The molecule has 26 valence electrons. The van der Waals surface area contributed by atoms with Crippen molar-refractivity contribution >= 4 is 40.5 Å². The predicted octanol–water partition coefficient (Wildman–Crippen LogP) is -0.00970. The van der Waals surface area contributed by atoms with E-state index in [0.717, 1.165) is 0 Å². The normalized spacial score (nSPS) is 0. The summed E-state index contributed by atoms with van der Waals surface area (Å²) in [6.45, 7) is 0. The van der Waals surface area contributed by atoms with Crippen molar-refractivity contribution in [3.05, 3.63) is 0 Å². The molecule has 0 amide bonds. The zero-order valence-corrected chi connectivity index (χ0v) is 5.74. The molecule has 0 saturated heterocycles. The summed E-state index contributed by atoms with van der Waals surface area (Å²) in [7, 11) is 0. The van der Waals surface area contributed by atoms with Gasteiger partial charge < -0.3 is 40.5 Å². The van der Waals surface area contributed by atoms with Crippen LogP contribution < -0.4 is 0 Å². The molecule has 0 heterocycles. The third-order valence-corrected chi connectivity index (χ3v) is 0. The molecule has 0 nitrogen and oxygen atoms in total. The molecular weight excluding hydrogens is 144 g/mol. The van der Waals surface area contributed by atoms with Crippen molar-refractivity contribution in [2.24, 2.45) is 0 Å². The topological polar surface area (TPSA) is 0 Å². The molecule has 0 unspecified atom stereocenters. The zero-order chi connectivity index (χ0) is 0. The third-order valence-electron chi connectivity index (χ3n) is 0. The largest absolute Gasteiger partial charge is 2.00 e. The smallest absolute Gasteiger partial charge is 2.00 e. The maximum Gasteiger partial charge on any atom is 2.00 e. The minimum atomic E-state index is 0. The van der Waals surface area contributed by atoms with E-state index in [4.69, 9.17) is 0 Å². The molecule has 0 aromatic heterocycles. The summed E-state index contributed by atoms with van der Waals surface area (Å²) in [5, 5.41) is 0. The first-order valence-electron chi connectivity index (χ1n) is 0. The van der Waals surface area contributed by atoms with Gasteiger partial charge in [0, 0.05) is 0 Å². The van der Waals surface area contributed by atoms with Crippen molar-refractivity contribution in [3.63, 3.8) is 0 Å². The predicted molar refractivity (Wildman–Crippen MR) is 22.1 cm³/mol. The molecule has 0 radical (unpaired) electrons. The Morgan fingerprint density at radius 3 is 0.500 bits per heavy atom. The standard InChI is InChI=1S/3S.Ti/q3*-2;+2. The minimum Gasteiger partial charge on any atom is -2.00 e. The quantitative estimate of drug-likeness (QED) is 0.419. The van der Waals surface area contributed by atoms with Gasteiger partial charge in [0.1, 0.15) is 0 Å². The van der Waals surface area contributed by atoms with Gasteiger partial charge >= 0.3 is 21.7 Å². The van der Waals surface area contributed by atoms with Crippen LogP contribution in [0.5, 0.6) is 0 Å². The molecule has 0 aliphatic rings. The van der Waals surface area contributed by atoms with Crippen LogP contribution in [0.1, 0.15) is 0 Å². The van der Waals surface area contributed by atoms with Crippen molar-refractivity contribution < 1.29 is 21.7 Å². The monoisotopic (exact) mass is 144 g/mol. The van der Waals surface area contributed by atoms with Gasteiger partial charge in [0.25, 0.3) is 0 Å². The summed E-state index contributed by atoms with van der Waals surface area (Å²) in [5.74, 6) is 0. The van der Waals surface area contributed by atoms with Gasteiger partial charge in [-0.25, -0.2) is 0 Å². The van der Waals surface area contributed by atoms with Crippen molar-refractivity contribution in [1.29, 1.82) is 0 Å². The summed E-state index contributed by atoms with van der Waals surface area (Å²) in [6.07, 6.45) is 0. The van der Waals surface area contributed by atoms with Crippen molar-refractivity contribution in [1.82, 2.24) is 0 Å². The summed E-state index contributed by atoms with van der Waals surface area (Å²) in [4.78, 5) is 0. The van der Waals surface area contributed by atoms with E-state index in [2.05, 4.69) is 0 Å². The Balaban J connectivity index is 0. The van der Waals surface area contributed by atoms with Crippen LogP contribution in [0.15, 0.2) is 0 Å². The van der Waals surface area contributed by atoms with Crippen LogP contribution in [0.25, 0.3) is 0 Å². The summed E-state index contributed by atoms with van der Waals surface area (Å²) in [6, 6.07) is 0. The maximum absolute atomic E-state index is 0. The molecule has 0 saturated carbocycles. The molecule has 0 fully saturated rings. The van der Waals surface area contributed by atoms with Gasteiger partial charge in [0.05, 0.1) is 0 Å². The second-order valence-corrected chi connectivity index (χ2v) is 0. The molecule has 0 N–H and O–H groups in total. The Hall–Kier alpha value is 1.76. The molecular formula is S3Ti-4. The first-order chi connectivity index (χ1) is 0. The van der Waals surface area contributed by atoms with Gasteiger partial charge in [-0.05, 0) is 0 Å². The summed E-state index contributed by atoms with van der Waals surface area (Å²) in [5.41, 5.74) is 0. The number of rotatable bonds is 0. The van der Waals surface area contributed by atoms with Crippen LogP contribution in [-0.4, -0.2) is 0 Å². The van der Waals surface area contributed by atoms with E-state index in [-0.39, 0.29) is 62.2 Å². The number of hydrogen-bond acceptors (Lipinski definition) is 0.